The summed E-state index contributed by atoms with van der Waals surface area (Å²) in [4.78, 5) is 39.3. The normalized spacial score (nSPS) is 11.4. The fourth-order valence-corrected chi connectivity index (χ4v) is 3.16. The Balaban J connectivity index is 2.16. The van der Waals surface area contributed by atoms with Crippen molar-refractivity contribution in [3.63, 3.8) is 0 Å². The van der Waals surface area contributed by atoms with Gasteiger partial charge >= 0.3 is 0 Å². The van der Waals surface area contributed by atoms with Gasteiger partial charge in [-0.3, -0.25) is 19.7 Å². The lowest BCUT2D eigenvalue weighted by molar-refractivity contribution is -0.384. The van der Waals surface area contributed by atoms with Gasteiger partial charge in [-0.1, -0.05) is 29.8 Å². The van der Waals surface area contributed by atoms with Crippen molar-refractivity contribution in [2.24, 2.45) is 10.8 Å². The molecule has 11 heteroatoms. The third kappa shape index (κ3) is 4.94. The van der Waals surface area contributed by atoms with Gasteiger partial charge in [0, 0.05) is 28.1 Å². The van der Waals surface area contributed by atoms with Crippen LogP contribution in [0.3, 0.4) is 0 Å². The molecule has 0 spiro atoms. The zero-order valence-electron chi connectivity index (χ0n) is 16.6. The SMILES string of the molecule is CC(C)c1nc2ccc(Br)cc2c(=O)n1N=Cc1cc([N+](=O)[O-])ccc1OCC(N)=O. The lowest BCUT2D eigenvalue weighted by atomic mass is 10.2. The molecule has 0 fully saturated rings. The number of rotatable bonds is 7. The van der Waals surface area contributed by atoms with E-state index in [-0.39, 0.29) is 22.9 Å². The van der Waals surface area contributed by atoms with Crippen LogP contribution in [0.1, 0.15) is 31.2 Å². The van der Waals surface area contributed by atoms with E-state index in [0.29, 0.717) is 21.2 Å². The number of benzene rings is 2. The maximum Gasteiger partial charge on any atom is 0.282 e. The van der Waals surface area contributed by atoms with Crippen LogP contribution >= 0.6 is 15.9 Å². The van der Waals surface area contributed by atoms with Crippen LogP contribution in [-0.2, 0) is 4.79 Å². The molecule has 31 heavy (non-hydrogen) atoms. The zero-order chi connectivity index (χ0) is 22.7. The van der Waals surface area contributed by atoms with Crippen LogP contribution in [0.15, 0.2) is 50.8 Å². The van der Waals surface area contributed by atoms with Crippen molar-refractivity contribution >= 4 is 44.6 Å². The number of halogens is 1. The average molecular weight is 488 g/mol. The van der Waals surface area contributed by atoms with Crippen molar-refractivity contribution in [2.75, 3.05) is 6.61 Å². The zero-order valence-corrected chi connectivity index (χ0v) is 18.2. The van der Waals surface area contributed by atoms with Gasteiger partial charge in [-0.2, -0.15) is 9.78 Å². The molecule has 0 saturated carbocycles. The molecule has 2 aromatic carbocycles. The van der Waals surface area contributed by atoms with Crippen molar-refractivity contribution in [2.45, 2.75) is 19.8 Å². The number of non-ortho nitro benzene ring substituents is 1. The molecule has 1 aromatic heterocycles. The summed E-state index contributed by atoms with van der Waals surface area (Å²) in [5.74, 6) is -0.262. The van der Waals surface area contributed by atoms with Crippen LogP contribution in [0.25, 0.3) is 10.9 Å². The lowest BCUT2D eigenvalue weighted by Gasteiger charge is -2.12. The number of nitrogens with zero attached hydrogens (tertiary/aromatic N) is 4. The van der Waals surface area contributed by atoms with Gasteiger partial charge in [0.1, 0.15) is 11.6 Å². The summed E-state index contributed by atoms with van der Waals surface area (Å²) in [7, 11) is 0. The third-order valence-electron chi connectivity index (χ3n) is 4.24. The summed E-state index contributed by atoms with van der Waals surface area (Å²) in [5.41, 5.74) is 5.24. The molecule has 1 heterocycles. The van der Waals surface area contributed by atoms with Crippen LogP contribution in [-0.4, -0.2) is 33.3 Å². The molecule has 0 aliphatic carbocycles. The monoisotopic (exact) mass is 487 g/mol. The van der Waals surface area contributed by atoms with E-state index in [1.54, 1.807) is 18.2 Å². The van der Waals surface area contributed by atoms with Crippen LogP contribution in [0.5, 0.6) is 5.75 Å². The molecule has 160 valence electrons. The molecule has 3 aromatic rings. The fourth-order valence-electron chi connectivity index (χ4n) is 2.80. The van der Waals surface area contributed by atoms with Crippen molar-refractivity contribution < 1.29 is 14.5 Å². The number of nitrogens with two attached hydrogens (primary N) is 1. The Labute approximate surface area is 184 Å². The number of nitro groups is 1. The number of primary amides is 1. The summed E-state index contributed by atoms with van der Waals surface area (Å²) >= 11 is 3.34. The highest BCUT2D eigenvalue weighted by Gasteiger charge is 2.15. The molecule has 0 aliphatic heterocycles. The van der Waals surface area contributed by atoms with E-state index in [4.69, 9.17) is 10.5 Å². The Morgan fingerprint density at radius 1 is 1.35 bits per heavy atom. The van der Waals surface area contributed by atoms with E-state index in [1.165, 1.54) is 24.4 Å². The van der Waals surface area contributed by atoms with E-state index in [0.717, 1.165) is 4.68 Å². The van der Waals surface area contributed by atoms with Gasteiger partial charge in [0.2, 0.25) is 0 Å². The molecule has 0 saturated heterocycles. The summed E-state index contributed by atoms with van der Waals surface area (Å²) in [6.45, 7) is 3.32. The molecule has 3 rings (SSSR count). The second-order valence-corrected chi connectivity index (χ2v) is 7.80. The van der Waals surface area contributed by atoms with Crippen molar-refractivity contribution in [3.05, 3.63) is 72.7 Å². The van der Waals surface area contributed by atoms with E-state index in [2.05, 4.69) is 26.0 Å². The summed E-state index contributed by atoms with van der Waals surface area (Å²) in [6.07, 6.45) is 1.25. The fraction of sp³-hybridized carbons (Fsp3) is 0.200. The number of ether oxygens (including phenoxy) is 1. The highest BCUT2D eigenvalue weighted by Crippen LogP contribution is 2.23. The highest BCUT2D eigenvalue weighted by atomic mass is 79.9. The first-order valence-electron chi connectivity index (χ1n) is 9.13. The van der Waals surface area contributed by atoms with Crippen LogP contribution in [0, 0.1) is 10.1 Å². The minimum atomic E-state index is -0.705. The largest absolute Gasteiger partial charge is 0.483 e. The highest BCUT2D eigenvalue weighted by molar-refractivity contribution is 9.10. The Hall–Kier alpha value is -3.60. The smallest absolute Gasteiger partial charge is 0.282 e. The molecular weight excluding hydrogens is 470 g/mol. The molecule has 0 radical (unpaired) electrons. The number of carbonyl (C=O) groups is 1. The summed E-state index contributed by atoms with van der Waals surface area (Å²) < 4.78 is 7.18. The molecule has 1 amide bonds. The number of aromatic nitrogens is 2. The Morgan fingerprint density at radius 3 is 2.74 bits per heavy atom. The van der Waals surface area contributed by atoms with Crippen LogP contribution in [0.2, 0.25) is 0 Å². The van der Waals surface area contributed by atoms with Crippen molar-refractivity contribution in [1.29, 1.82) is 0 Å². The van der Waals surface area contributed by atoms with Crippen molar-refractivity contribution in [3.8, 4) is 5.75 Å². The third-order valence-corrected chi connectivity index (χ3v) is 4.73. The number of hydrogen-bond acceptors (Lipinski definition) is 7. The topological polar surface area (TPSA) is 143 Å². The number of fused-ring (bicyclic) bond motifs is 1. The van der Waals surface area contributed by atoms with E-state index >= 15 is 0 Å². The van der Waals surface area contributed by atoms with E-state index in [9.17, 15) is 19.7 Å². The van der Waals surface area contributed by atoms with E-state index in [1.807, 2.05) is 13.8 Å². The molecule has 2 N–H and O–H groups in total. The lowest BCUT2D eigenvalue weighted by Crippen LogP contribution is -2.23. The van der Waals surface area contributed by atoms with Crippen LogP contribution < -0.4 is 16.0 Å². The van der Waals surface area contributed by atoms with Gasteiger partial charge in [0.15, 0.2) is 6.61 Å². The van der Waals surface area contributed by atoms with Gasteiger partial charge in [0.25, 0.3) is 17.2 Å². The van der Waals surface area contributed by atoms with Gasteiger partial charge < -0.3 is 10.5 Å². The van der Waals surface area contributed by atoms with Crippen molar-refractivity contribution in [1.82, 2.24) is 9.66 Å². The Bertz CT molecular complexity index is 1270. The van der Waals surface area contributed by atoms with Gasteiger partial charge in [-0.05, 0) is 24.3 Å². The second-order valence-electron chi connectivity index (χ2n) is 6.88. The van der Waals surface area contributed by atoms with E-state index < -0.39 is 23.0 Å². The molecule has 0 atom stereocenters. The molecule has 0 aliphatic rings. The Morgan fingerprint density at radius 2 is 2.10 bits per heavy atom. The summed E-state index contributed by atoms with van der Waals surface area (Å²) in [5, 5.41) is 15.8. The number of hydrogen-bond donors (Lipinski definition) is 1. The standard InChI is InChI=1S/C20H18BrN5O5/c1-11(2)19-24-16-5-3-13(21)8-15(16)20(28)25(19)23-9-12-7-14(26(29)30)4-6-17(12)31-10-18(22)27/h3-9,11H,10H2,1-2H3,(H2,22,27). The minimum Gasteiger partial charge on any atom is -0.483 e. The molecule has 10 nitrogen and oxygen atoms in total. The first-order valence-corrected chi connectivity index (χ1v) is 9.92. The minimum absolute atomic E-state index is 0.131. The quantitative estimate of drug-likeness (QED) is 0.308. The number of nitro benzene ring substituents is 1. The van der Waals surface area contributed by atoms with Gasteiger partial charge in [0.05, 0.1) is 22.0 Å². The number of carbonyl (C=O) groups excluding carboxylic acids is 1. The Kier molecular flexibility index (Phi) is 6.44. The van der Waals surface area contributed by atoms with Crippen LogP contribution in [0.4, 0.5) is 5.69 Å². The maximum atomic E-state index is 13.1. The number of amides is 1. The summed E-state index contributed by atoms with van der Waals surface area (Å²) in [6, 6.07) is 8.97. The molecule has 0 unspecified atom stereocenters. The molecule has 0 bridgehead atoms. The predicted octanol–water partition coefficient (Wildman–Crippen LogP) is 2.94. The first-order chi connectivity index (χ1) is 14.7. The van der Waals surface area contributed by atoms with Gasteiger partial charge in [-0.25, -0.2) is 4.98 Å². The second kappa shape index (κ2) is 9.04. The maximum absolute atomic E-state index is 13.1. The molecular formula is C20H18BrN5O5. The van der Waals surface area contributed by atoms with Gasteiger partial charge in [-0.15, -0.1) is 0 Å². The first kappa shape index (κ1) is 22.1. The average Bonchev–Trinajstić information content (AvgIpc) is 2.71. The predicted molar refractivity (Wildman–Crippen MR) is 119 cm³/mol.